The number of likely N-dealkylation sites (tertiary alicyclic amines) is 1. The van der Waals surface area contributed by atoms with Crippen molar-refractivity contribution in [1.29, 1.82) is 0 Å². The van der Waals surface area contributed by atoms with E-state index in [-0.39, 0.29) is 34.6 Å². The average Bonchev–Trinajstić information content (AvgIpc) is 2.87. The Hall–Kier alpha value is -3.47. The van der Waals surface area contributed by atoms with Crippen molar-refractivity contribution < 1.29 is 18.0 Å². The second kappa shape index (κ2) is 10.1. The molecule has 0 radical (unpaired) electrons. The second-order valence-corrected chi connectivity index (χ2v) is 10.0. The van der Waals surface area contributed by atoms with E-state index in [1.165, 1.54) is 6.07 Å². The van der Waals surface area contributed by atoms with Gasteiger partial charge < -0.3 is 10.2 Å². The molecule has 1 saturated heterocycles. The fourth-order valence-corrected chi connectivity index (χ4v) is 5.54. The van der Waals surface area contributed by atoms with E-state index in [1.54, 1.807) is 0 Å². The van der Waals surface area contributed by atoms with Crippen molar-refractivity contribution >= 4 is 16.9 Å². The molecular weight excluding hydrogens is 487 g/mol. The van der Waals surface area contributed by atoms with Crippen molar-refractivity contribution in [2.75, 3.05) is 20.1 Å². The van der Waals surface area contributed by atoms with Crippen LogP contribution in [0.15, 0.2) is 40.1 Å². The number of hydrogen-bond donors (Lipinski definition) is 1. The van der Waals surface area contributed by atoms with Gasteiger partial charge in [-0.1, -0.05) is 0 Å². The van der Waals surface area contributed by atoms with Gasteiger partial charge in [-0.05, 0) is 70.3 Å². The molecule has 1 amide bonds. The molecule has 1 aliphatic heterocycles. The molecule has 3 aromatic rings. The van der Waals surface area contributed by atoms with E-state index >= 15 is 0 Å². The Morgan fingerprint density at radius 2 is 1.78 bits per heavy atom. The summed E-state index contributed by atoms with van der Waals surface area (Å²) in [6.07, 6.45) is 4.70. The largest absolute Gasteiger partial charge is 0.353 e. The molecule has 1 N–H and O–H groups in total. The summed E-state index contributed by atoms with van der Waals surface area (Å²) < 4.78 is 43.7. The summed E-state index contributed by atoms with van der Waals surface area (Å²) in [6, 6.07) is 3.33. The highest BCUT2D eigenvalue weighted by Crippen LogP contribution is 2.28. The van der Waals surface area contributed by atoms with Gasteiger partial charge in [0.25, 0.3) is 5.56 Å². The van der Waals surface area contributed by atoms with E-state index in [4.69, 9.17) is 0 Å². The van der Waals surface area contributed by atoms with Crippen LogP contribution < -0.4 is 16.6 Å². The van der Waals surface area contributed by atoms with Gasteiger partial charge >= 0.3 is 5.69 Å². The summed E-state index contributed by atoms with van der Waals surface area (Å²) in [5.41, 5.74) is -1.62. The predicted molar refractivity (Wildman–Crippen MR) is 131 cm³/mol. The van der Waals surface area contributed by atoms with E-state index in [9.17, 15) is 27.6 Å². The molecule has 196 valence electrons. The van der Waals surface area contributed by atoms with Crippen LogP contribution in [-0.2, 0) is 4.79 Å². The van der Waals surface area contributed by atoms with Gasteiger partial charge in [0.15, 0.2) is 17.3 Å². The van der Waals surface area contributed by atoms with Crippen molar-refractivity contribution in [3.05, 3.63) is 68.8 Å². The third kappa shape index (κ3) is 4.92. The van der Waals surface area contributed by atoms with E-state index in [0.717, 1.165) is 59.5 Å². The van der Waals surface area contributed by atoms with Gasteiger partial charge in [-0.25, -0.2) is 27.5 Å². The Morgan fingerprint density at radius 3 is 2.49 bits per heavy atom. The maximum atomic E-state index is 14.0. The zero-order valence-corrected chi connectivity index (χ0v) is 20.4. The van der Waals surface area contributed by atoms with Gasteiger partial charge in [-0.2, -0.15) is 0 Å². The molecule has 2 fully saturated rings. The third-order valence-electron chi connectivity index (χ3n) is 7.46. The predicted octanol–water partition coefficient (Wildman–Crippen LogP) is 2.91. The minimum absolute atomic E-state index is 0.0276. The van der Waals surface area contributed by atoms with Crippen LogP contribution in [0.2, 0.25) is 0 Å². The number of nitrogens with zero attached hydrogens (tertiary/aromatic N) is 4. The van der Waals surface area contributed by atoms with Crippen molar-refractivity contribution in [2.45, 2.75) is 50.6 Å². The molecule has 1 saturated carbocycles. The number of nitrogens with one attached hydrogen (secondary N) is 1. The smallest absolute Gasteiger partial charge is 0.337 e. The first-order valence-electron chi connectivity index (χ1n) is 12.5. The first kappa shape index (κ1) is 25.2. The lowest BCUT2D eigenvalue weighted by Crippen LogP contribution is -2.47. The molecule has 8 nitrogen and oxygen atoms in total. The number of piperidine rings is 1. The molecule has 0 spiro atoms. The first-order valence-corrected chi connectivity index (χ1v) is 12.5. The van der Waals surface area contributed by atoms with Crippen molar-refractivity contribution in [3.8, 4) is 5.69 Å². The highest BCUT2D eigenvalue weighted by atomic mass is 19.2. The maximum Gasteiger partial charge on any atom is 0.337 e. The summed E-state index contributed by atoms with van der Waals surface area (Å²) in [4.78, 5) is 45.7. The van der Waals surface area contributed by atoms with E-state index in [1.807, 2.05) is 7.05 Å². The van der Waals surface area contributed by atoms with Crippen molar-refractivity contribution in [2.24, 2.45) is 5.92 Å². The lowest BCUT2D eigenvalue weighted by molar-refractivity contribution is -0.127. The number of fused-ring (bicyclic) bond motifs is 1. The van der Waals surface area contributed by atoms with E-state index in [0.29, 0.717) is 25.7 Å². The Labute approximate surface area is 210 Å². The molecule has 1 aromatic carbocycles. The van der Waals surface area contributed by atoms with Gasteiger partial charge in [0.05, 0.1) is 23.2 Å². The van der Waals surface area contributed by atoms with Crippen LogP contribution in [0.1, 0.15) is 44.6 Å². The Balaban J connectivity index is 1.44. The Morgan fingerprint density at radius 1 is 1.03 bits per heavy atom. The molecule has 1 aliphatic carbocycles. The number of aromatic nitrogens is 3. The number of benzene rings is 1. The van der Waals surface area contributed by atoms with Gasteiger partial charge in [0, 0.05) is 24.7 Å². The van der Waals surface area contributed by atoms with Crippen molar-refractivity contribution in [1.82, 2.24) is 24.3 Å². The van der Waals surface area contributed by atoms with Gasteiger partial charge in [-0.15, -0.1) is 0 Å². The highest BCUT2D eigenvalue weighted by molar-refractivity contribution is 5.79. The molecule has 5 rings (SSSR count). The molecule has 11 heteroatoms. The normalized spacial score (nSPS) is 22.8. The summed E-state index contributed by atoms with van der Waals surface area (Å²) in [6.45, 7) is 1.71. The Kier molecular flexibility index (Phi) is 6.89. The standard InChI is InChI=1S/C26H28F3N5O3/c1-32-10-2-3-15(14-32)24(35)31-17-4-6-18(7-5-17)34-25(36)20-11-16(27)13-30-23(20)33(26(34)37)19-8-9-21(28)22(29)12-19/h8-9,11-13,15,17-18H,2-7,10,14H2,1H3,(H,31,35). The molecule has 3 heterocycles. The van der Waals surface area contributed by atoms with Crippen LogP contribution in [0.4, 0.5) is 13.2 Å². The summed E-state index contributed by atoms with van der Waals surface area (Å²) in [5.74, 6) is -3.04. The lowest BCUT2D eigenvalue weighted by atomic mass is 9.89. The fourth-order valence-electron chi connectivity index (χ4n) is 5.54. The van der Waals surface area contributed by atoms with Crippen molar-refractivity contribution in [3.63, 3.8) is 0 Å². The summed E-state index contributed by atoms with van der Waals surface area (Å²) in [7, 11) is 2.00. The maximum absolute atomic E-state index is 14.0. The molecule has 1 unspecified atom stereocenters. The topological polar surface area (TPSA) is 89.2 Å². The molecule has 2 aliphatic rings. The number of hydrogen-bond acceptors (Lipinski definition) is 5. The third-order valence-corrected chi connectivity index (χ3v) is 7.46. The quantitative estimate of drug-likeness (QED) is 0.577. The van der Waals surface area contributed by atoms with E-state index in [2.05, 4.69) is 15.2 Å². The number of rotatable bonds is 4. The fraction of sp³-hybridized carbons (Fsp3) is 0.462. The second-order valence-electron chi connectivity index (χ2n) is 10.0. The minimum atomic E-state index is -1.17. The van der Waals surface area contributed by atoms with Gasteiger partial charge in [0.2, 0.25) is 5.91 Å². The van der Waals surface area contributed by atoms with Gasteiger partial charge in [0.1, 0.15) is 5.82 Å². The molecule has 1 atom stereocenters. The first-order chi connectivity index (χ1) is 17.7. The zero-order valence-electron chi connectivity index (χ0n) is 20.4. The zero-order chi connectivity index (χ0) is 26.3. The average molecular weight is 516 g/mol. The SMILES string of the molecule is CN1CCCC(C(=O)NC2CCC(n3c(=O)c4cc(F)cnc4n(-c4ccc(F)c(F)c4)c3=O)CC2)C1. The minimum Gasteiger partial charge on any atom is -0.353 e. The monoisotopic (exact) mass is 515 g/mol. The molecule has 0 bridgehead atoms. The van der Waals surface area contributed by atoms with Crippen LogP contribution in [0.25, 0.3) is 16.7 Å². The number of carbonyl (C=O) groups excluding carboxylic acids is 1. The van der Waals surface area contributed by atoms with Crippen LogP contribution in [0.3, 0.4) is 0 Å². The van der Waals surface area contributed by atoms with Crippen LogP contribution in [0, 0.1) is 23.4 Å². The van der Waals surface area contributed by atoms with E-state index < -0.39 is 34.7 Å². The van der Waals surface area contributed by atoms with Crippen LogP contribution in [-0.4, -0.2) is 51.1 Å². The summed E-state index contributed by atoms with van der Waals surface area (Å²) >= 11 is 0. The summed E-state index contributed by atoms with van der Waals surface area (Å²) in [5, 5.41) is 2.99. The molecule has 37 heavy (non-hydrogen) atoms. The molecular formula is C26H28F3N5O3. The van der Waals surface area contributed by atoms with Gasteiger partial charge in [-0.3, -0.25) is 14.2 Å². The number of pyridine rings is 1. The number of halogens is 3. The number of carbonyl (C=O) groups is 1. The van der Waals surface area contributed by atoms with Crippen LogP contribution >= 0.6 is 0 Å². The Bertz CT molecular complexity index is 1460. The van der Waals surface area contributed by atoms with Crippen LogP contribution in [0.5, 0.6) is 0 Å². The molecule has 2 aromatic heterocycles. The highest BCUT2D eigenvalue weighted by Gasteiger charge is 2.30. The lowest BCUT2D eigenvalue weighted by Gasteiger charge is -2.33. The number of amides is 1.